The smallest absolute Gasteiger partial charge is 0.148 e. The third-order valence-electron chi connectivity index (χ3n) is 2.84. The summed E-state index contributed by atoms with van der Waals surface area (Å²) in [6.45, 7) is 4.20. The fourth-order valence-electron chi connectivity index (χ4n) is 1.78. The number of alkyl halides is 1. The molecule has 0 saturated carbocycles. The zero-order valence-electron chi connectivity index (χ0n) is 9.84. The lowest BCUT2D eigenvalue weighted by molar-refractivity contribution is 0.0854. The van der Waals surface area contributed by atoms with E-state index in [9.17, 15) is 0 Å². The molecule has 2 unspecified atom stereocenters. The Hall–Kier alpha value is -0.240. The van der Waals surface area contributed by atoms with Gasteiger partial charge in [-0.05, 0) is 19.8 Å². The average Bonchev–Trinajstić information content (AvgIpc) is 2.66. The van der Waals surface area contributed by atoms with Crippen LogP contribution in [0.15, 0.2) is 5.16 Å². The third kappa shape index (κ3) is 4.87. The van der Waals surface area contributed by atoms with Crippen molar-refractivity contribution >= 4 is 17.3 Å². The minimum Gasteiger partial charge on any atom is -0.391 e. The van der Waals surface area contributed by atoms with E-state index < -0.39 is 0 Å². The largest absolute Gasteiger partial charge is 0.391 e. The molecule has 1 rings (SSSR count). The summed E-state index contributed by atoms with van der Waals surface area (Å²) in [6, 6.07) is 0. The summed E-state index contributed by atoms with van der Waals surface area (Å²) in [5.74, 6) is 0. The fourth-order valence-corrected chi connectivity index (χ4v) is 1.91. The molecule has 0 radical (unpaired) electrons. The fraction of sp³-hybridized carbons (Fsp3) is 0.917. The van der Waals surface area contributed by atoms with E-state index in [0.717, 1.165) is 12.8 Å². The van der Waals surface area contributed by atoms with Gasteiger partial charge in [0.2, 0.25) is 0 Å². The second-order valence-electron chi connectivity index (χ2n) is 4.35. The monoisotopic (exact) mass is 231 g/mol. The van der Waals surface area contributed by atoms with Crippen molar-refractivity contribution in [2.45, 2.75) is 70.3 Å². The van der Waals surface area contributed by atoms with E-state index in [-0.39, 0.29) is 11.5 Å². The highest BCUT2D eigenvalue weighted by Gasteiger charge is 2.24. The summed E-state index contributed by atoms with van der Waals surface area (Å²) in [7, 11) is 0. The summed E-state index contributed by atoms with van der Waals surface area (Å²) in [6.07, 6.45) is 8.68. The van der Waals surface area contributed by atoms with Gasteiger partial charge < -0.3 is 4.84 Å². The van der Waals surface area contributed by atoms with Crippen molar-refractivity contribution in [2.24, 2.45) is 5.16 Å². The van der Waals surface area contributed by atoms with Crippen LogP contribution in [-0.2, 0) is 4.84 Å². The predicted molar refractivity (Wildman–Crippen MR) is 65.6 cm³/mol. The molecule has 0 aromatic rings. The van der Waals surface area contributed by atoms with Crippen molar-refractivity contribution in [3.63, 3.8) is 0 Å². The van der Waals surface area contributed by atoms with E-state index in [1.54, 1.807) is 0 Å². The van der Waals surface area contributed by atoms with Gasteiger partial charge in [-0.1, -0.05) is 37.8 Å². The maximum absolute atomic E-state index is 5.95. The first-order chi connectivity index (χ1) is 7.24. The summed E-state index contributed by atoms with van der Waals surface area (Å²) in [4.78, 5) is 5.26. The second kappa shape index (κ2) is 7.10. The molecular formula is C12H22ClNO. The van der Waals surface area contributed by atoms with Gasteiger partial charge in [0.15, 0.2) is 0 Å². The molecule has 15 heavy (non-hydrogen) atoms. The summed E-state index contributed by atoms with van der Waals surface area (Å²) in [5.41, 5.74) is 1.20. The zero-order valence-corrected chi connectivity index (χ0v) is 10.6. The topological polar surface area (TPSA) is 21.6 Å². The van der Waals surface area contributed by atoms with Crippen LogP contribution in [-0.4, -0.2) is 17.2 Å². The molecule has 0 aromatic heterocycles. The molecule has 0 amide bonds. The van der Waals surface area contributed by atoms with Gasteiger partial charge in [-0.3, -0.25) is 0 Å². The first kappa shape index (κ1) is 12.8. The van der Waals surface area contributed by atoms with E-state index in [1.807, 2.05) is 6.92 Å². The molecule has 0 fully saturated rings. The van der Waals surface area contributed by atoms with E-state index >= 15 is 0 Å². The van der Waals surface area contributed by atoms with Crippen LogP contribution in [0.25, 0.3) is 0 Å². The molecule has 1 aliphatic heterocycles. The van der Waals surface area contributed by atoms with E-state index in [4.69, 9.17) is 16.4 Å². The van der Waals surface area contributed by atoms with Gasteiger partial charge in [-0.25, -0.2) is 0 Å². The van der Waals surface area contributed by atoms with Crippen LogP contribution < -0.4 is 0 Å². The molecule has 2 atom stereocenters. The Balaban J connectivity index is 2.03. The lowest BCUT2D eigenvalue weighted by Gasteiger charge is -2.08. The highest BCUT2D eigenvalue weighted by Crippen LogP contribution is 2.20. The van der Waals surface area contributed by atoms with Crippen molar-refractivity contribution in [1.82, 2.24) is 0 Å². The number of hydrogen-bond donors (Lipinski definition) is 0. The molecule has 0 bridgehead atoms. The first-order valence-electron chi connectivity index (χ1n) is 6.09. The normalized spacial score (nSPS) is 22.3. The summed E-state index contributed by atoms with van der Waals surface area (Å²) >= 11 is 5.95. The van der Waals surface area contributed by atoms with Gasteiger partial charge in [0.1, 0.15) is 6.10 Å². The third-order valence-corrected chi connectivity index (χ3v) is 3.12. The van der Waals surface area contributed by atoms with Crippen LogP contribution in [0.2, 0.25) is 0 Å². The summed E-state index contributed by atoms with van der Waals surface area (Å²) in [5, 5.41) is 4.15. The van der Waals surface area contributed by atoms with Crippen LogP contribution in [0.4, 0.5) is 0 Å². The van der Waals surface area contributed by atoms with Gasteiger partial charge in [-0.2, -0.15) is 0 Å². The Morgan fingerprint density at radius 1 is 1.40 bits per heavy atom. The Labute approximate surface area is 98.0 Å². The number of nitrogens with zero attached hydrogens (tertiary/aromatic N) is 1. The molecular weight excluding hydrogens is 210 g/mol. The van der Waals surface area contributed by atoms with Gasteiger partial charge in [0.25, 0.3) is 0 Å². The van der Waals surface area contributed by atoms with Gasteiger partial charge >= 0.3 is 0 Å². The minimum absolute atomic E-state index is 0.0614. The average molecular weight is 232 g/mol. The lowest BCUT2D eigenvalue weighted by atomic mass is 10.0. The minimum atomic E-state index is 0.0614. The van der Waals surface area contributed by atoms with Crippen LogP contribution in [0.1, 0.15) is 58.8 Å². The molecule has 0 aliphatic carbocycles. The quantitative estimate of drug-likeness (QED) is 0.477. The van der Waals surface area contributed by atoms with E-state index in [2.05, 4.69) is 12.1 Å². The Kier molecular flexibility index (Phi) is 6.07. The second-order valence-corrected chi connectivity index (χ2v) is 5.04. The van der Waals surface area contributed by atoms with Crippen molar-refractivity contribution < 1.29 is 4.84 Å². The van der Waals surface area contributed by atoms with Gasteiger partial charge in [0.05, 0.1) is 11.1 Å². The van der Waals surface area contributed by atoms with E-state index in [0.29, 0.717) is 0 Å². The summed E-state index contributed by atoms with van der Waals surface area (Å²) < 4.78 is 0. The van der Waals surface area contributed by atoms with Crippen molar-refractivity contribution in [3.8, 4) is 0 Å². The maximum atomic E-state index is 5.95. The molecule has 0 spiro atoms. The lowest BCUT2D eigenvalue weighted by Crippen LogP contribution is -2.17. The number of hydrogen-bond acceptors (Lipinski definition) is 2. The number of rotatable bonds is 7. The Morgan fingerprint density at radius 3 is 2.73 bits per heavy atom. The Morgan fingerprint density at radius 2 is 2.13 bits per heavy atom. The van der Waals surface area contributed by atoms with Crippen LogP contribution in [0.5, 0.6) is 0 Å². The van der Waals surface area contributed by atoms with Crippen LogP contribution in [0.3, 0.4) is 0 Å². The Bertz CT molecular complexity index is 204. The van der Waals surface area contributed by atoms with Gasteiger partial charge in [0, 0.05) is 6.42 Å². The molecule has 1 aliphatic rings. The first-order valence-corrected chi connectivity index (χ1v) is 6.53. The highest BCUT2D eigenvalue weighted by atomic mass is 35.5. The number of unbranched alkanes of at least 4 members (excludes halogenated alkanes) is 4. The molecule has 1 heterocycles. The zero-order chi connectivity index (χ0) is 11.1. The van der Waals surface area contributed by atoms with E-state index in [1.165, 1.54) is 37.8 Å². The SMILES string of the molecule is CCCCCCCC1=NOC(C(C)Cl)C1. The van der Waals surface area contributed by atoms with Crippen molar-refractivity contribution in [1.29, 1.82) is 0 Å². The maximum Gasteiger partial charge on any atom is 0.148 e. The van der Waals surface area contributed by atoms with Gasteiger partial charge in [-0.15, -0.1) is 11.6 Å². The molecule has 0 aromatic carbocycles. The van der Waals surface area contributed by atoms with Crippen LogP contribution in [0, 0.1) is 0 Å². The number of halogens is 1. The number of oxime groups is 1. The molecule has 88 valence electrons. The van der Waals surface area contributed by atoms with Crippen LogP contribution >= 0.6 is 11.6 Å². The van der Waals surface area contributed by atoms with Crippen molar-refractivity contribution in [2.75, 3.05) is 0 Å². The molecule has 0 saturated heterocycles. The standard InChI is InChI=1S/C12H22ClNO/c1-3-4-5-6-7-8-11-9-12(10(2)13)15-14-11/h10,12H,3-9H2,1-2H3. The molecule has 2 nitrogen and oxygen atoms in total. The predicted octanol–water partition coefficient (Wildman–Crippen LogP) is 4.12. The molecule has 0 N–H and O–H groups in total. The van der Waals surface area contributed by atoms with Crippen molar-refractivity contribution in [3.05, 3.63) is 0 Å². The molecule has 3 heteroatoms. The highest BCUT2D eigenvalue weighted by molar-refractivity contribution is 6.21.